The number of nitrogens with two attached hydrogens (primary N) is 1. The van der Waals surface area contributed by atoms with Crippen molar-refractivity contribution >= 4 is 23.7 Å². The molecule has 0 fully saturated rings. The lowest BCUT2D eigenvalue weighted by Crippen LogP contribution is -2.69. The summed E-state index contributed by atoms with van der Waals surface area (Å²) in [7, 11) is 0. The number of quaternary nitrogens is 1. The molecule has 0 radical (unpaired) electrons. The number of carboxylic acids is 1. The van der Waals surface area contributed by atoms with Gasteiger partial charge in [0.15, 0.2) is 0 Å². The molecule has 0 aliphatic heterocycles. The number of ether oxygens (including phenoxy) is 1. The number of rotatable bonds is 14. The van der Waals surface area contributed by atoms with Crippen LogP contribution in [0.3, 0.4) is 0 Å². The van der Waals surface area contributed by atoms with Gasteiger partial charge in [-0.2, -0.15) is 0 Å². The van der Waals surface area contributed by atoms with Crippen LogP contribution in [0.1, 0.15) is 26.2 Å². The fourth-order valence-electron chi connectivity index (χ4n) is 1.97. The predicted octanol–water partition coefficient (Wildman–Crippen LogP) is -6.13. The minimum atomic E-state index is -1.50. The molecule has 0 saturated heterocycles. The van der Waals surface area contributed by atoms with Gasteiger partial charge in [-0.1, -0.05) is 6.92 Å². The van der Waals surface area contributed by atoms with Gasteiger partial charge in [-0.15, -0.1) is 0 Å². The van der Waals surface area contributed by atoms with E-state index < -0.39 is 55.2 Å². The number of primary amides is 1. The molecule has 26 heavy (non-hydrogen) atoms. The monoisotopic (exact) mass is 376 g/mol. The fraction of sp³-hybridized carbons (Fsp3) is 0.714. The lowest BCUT2D eigenvalue weighted by Gasteiger charge is -2.21. The van der Waals surface area contributed by atoms with E-state index >= 15 is 0 Å². The van der Waals surface area contributed by atoms with Crippen molar-refractivity contribution in [2.45, 2.75) is 44.5 Å². The SMILES string of the molecule is CCNC(CCNC(=O)CC(NC(=O)CC([NH3+])C(=O)[O-])OC[O-])C(N)=O. The number of hydrogen-bond acceptors (Lipinski definition) is 8. The Hall–Kier alpha value is -2.28. The molecular formula is C14H26N5O7-. The van der Waals surface area contributed by atoms with Gasteiger partial charge < -0.3 is 47.2 Å². The van der Waals surface area contributed by atoms with Crippen molar-refractivity contribution in [2.75, 3.05) is 19.9 Å². The van der Waals surface area contributed by atoms with Crippen molar-refractivity contribution in [1.29, 1.82) is 0 Å². The molecule has 0 spiro atoms. The van der Waals surface area contributed by atoms with Crippen LogP contribution < -0.4 is 37.6 Å². The molecule has 12 heteroatoms. The number of likely N-dealkylation sites (N-methyl/N-ethyl adjacent to an activating group) is 1. The van der Waals surface area contributed by atoms with E-state index in [4.69, 9.17) is 10.5 Å². The highest BCUT2D eigenvalue weighted by atomic mass is 16.6. The number of carboxylic acid groups (broad SMARTS) is 1. The fourth-order valence-corrected chi connectivity index (χ4v) is 1.97. The van der Waals surface area contributed by atoms with Crippen molar-refractivity contribution in [3.63, 3.8) is 0 Å². The summed E-state index contributed by atoms with van der Waals surface area (Å²) in [6.45, 7) is 1.48. The first-order valence-electron chi connectivity index (χ1n) is 8.03. The summed E-state index contributed by atoms with van der Waals surface area (Å²) < 4.78 is 4.71. The maximum atomic E-state index is 11.9. The topological polar surface area (TPSA) is 213 Å². The molecule has 3 unspecified atom stereocenters. The average Bonchev–Trinajstić information content (AvgIpc) is 2.53. The molecule has 0 aliphatic carbocycles. The molecule has 0 heterocycles. The van der Waals surface area contributed by atoms with Crippen molar-refractivity contribution < 1.29 is 39.9 Å². The van der Waals surface area contributed by atoms with Crippen LogP contribution in [0.15, 0.2) is 0 Å². The van der Waals surface area contributed by atoms with Gasteiger partial charge in [0.2, 0.25) is 17.7 Å². The molecule has 0 aromatic rings. The molecule has 3 amide bonds. The molecule has 0 aromatic carbocycles. The average molecular weight is 376 g/mol. The summed E-state index contributed by atoms with van der Waals surface area (Å²) in [5, 5.41) is 28.8. The Morgan fingerprint density at radius 1 is 1.19 bits per heavy atom. The molecule has 8 N–H and O–H groups in total. The molecule has 0 aliphatic rings. The zero-order valence-corrected chi connectivity index (χ0v) is 14.6. The van der Waals surface area contributed by atoms with E-state index in [0.29, 0.717) is 6.54 Å². The third kappa shape index (κ3) is 10.6. The number of nitrogens with one attached hydrogen (secondary N) is 3. The van der Waals surface area contributed by atoms with Gasteiger partial charge in [-0.05, 0) is 19.8 Å². The van der Waals surface area contributed by atoms with Crippen LogP contribution in [0.4, 0.5) is 0 Å². The van der Waals surface area contributed by atoms with Gasteiger partial charge in [0, 0.05) is 6.54 Å². The smallest absolute Gasteiger partial charge is 0.234 e. The van der Waals surface area contributed by atoms with E-state index in [1.807, 2.05) is 0 Å². The van der Waals surface area contributed by atoms with Gasteiger partial charge in [-0.3, -0.25) is 14.4 Å². The summed E-state index contributed by atoms with van der Waals surface area (Å²) in [5.74, 6) is -3.32. The standard InChI is InChI=1S/C14H26N5O7/c1-2-17-9(13(16)23)3-4-18-10(21)6-12(26-7-20)19-11(22)5-8(15)14(24)25/h8-9,12,17H,2-7,15H2,1H3,(H2,16,23)(H,18,21)(H,19,22)(H,24,25)/q-1. The lowest BCUT2D eigenvalue weighted by molar-refractivity contribution is -0.438. The van der Waals surface area contributed by atoms with Crippen LogP contribution in [0.2, 0.25) is 0 Å². The van der Waals surface area contributed by atoms with Crippen molar-refractivity contribution in [1.82, 2.24) is 16.0 Å². The second kappa shape index (κ2) is 13.0. The summed E-state index contributed by atoms with van der Waals surface area (Å²) in [5.41, 5.74) is 8.44. The molecule has 0 bridgehead atoms. The molecule has 0 rings (SSSR count). The summed E-state index contributed by atoms with van der Waals surface area (Å²) in [4.78, 5) is 45.2. The third-order valence-corrected chi connectivity index (χ3v) is 3.28. The van der Waals surface area contributed by atoms with Crippen LogP contribution in [-0.4, -0.2) is 61.9 Å². The second-order valence-corrected chi connectivity index (χ2v) is 5.42. The lowest BCUT2D eigenvalue weighted by atomic mass is 10.2. The first kappa shape index (κ1) is 23.7. The Kier molecular flexibility index (Phi) is 11.9. The summed E-state index contributed by atoms with van der Waals surface area (Å²) >= 11 is 0. The number of aliphatic carboxylic acids is 1. The van der Waals surface area contributed by atoms with E-state index in [-0.39, 0.29) is 19.4 Å². The van der Waals surface area contributed by atoms with Crippen molar-refractivity contribution in [2.24, 2.45) is 5.73 Å². The molecule has 0 aromatic heterocycles. The van der Waals surface area contributed by atoms with Crippen LogP contribution in [-0.2, 0) is 23.9 Å². The van der Waals surface area contributed by atoms with Crippen LogP contribution in [0, 0.1) is 0 Å². The summed E-state index contributed by atoms with van der Waals surface area (Å²) in [6.07, 6.45) is -1.78. The minimum absolute atomic E-state index is 0.142. The summed E-state index contributed by atoms with van der Waals surface area (Å²) in [6, 6.07) is -1.86. The quantitative estimate of drug-likeness (QED) is 0.183. The van der Waals surface area contributed by atoms with E-state index in [9.17, 15) is 29.4 Å². The van der Waals surface area contributed by atoms with Gasteiger partial charge in [0.25, 0.3) is 0 Å². The van der Waals surface area contributed by atoms with E-state index in [1.54, 1.807) is 6.92 Å². The molecule has 12 nitrogen and oxygen atoms in total. The van der Waals surface area contributed by atoms with Gasteiger partial charge >= 0.3 is 0 Å². The van der Waals surface area contributed by atoms with Gasteiger partial charge in [0.05, 0.1) is 24.9 Å². The van der Waals surface area contributed by atoms with Crippen molar-refractivity contribution in [3.05, 3.63) is 0 Å². The first-order valence-corrected chi connectivity index (χ1v) is 8.03. The van der Waals surface area contributed by atoms with Crippen LogP contribution >= 0.6 is 0 Å². The highest BCUT2D eigenvalue weighted by Gasteiger charge is 2.20. The Balaban J connectivity index is 4.38. The first-order chi connectivity index (χ1) is 12.2. The van der Waals surface area contributed by atoms with E-state index in [2.05, 4.69) is 21.7 Å². The van der Waals surface area contributed by atoms with Crippen molar-refractivity contribution in [3.8, 4) is 0 Å². The Labute approximate surface area is 150 Å². The Morgan fingerprint density at radius 3 is 2.35 bits per heavy atom. The molecule has 3 atom stereocenters. The number of amides is 3. The van der Waals surface area contributed by atoms with Gasteiger partial charge in [-0.25, -0.2) is 0 Å². The normalized spacial score (nSPS) is 14.1. The predicted molar refractivity (Wildman–Crippen MR) is 83.1 cm³/mol. The van der Waals surface area contributed by atoms with Gasteiger partial charge in [0.1, 0.15) is 12.3 Å². The second-order valence-electron chi connectivity index (χ2n) is 5.42. The highest BCUT2D eigenvalue weighted by Crippen LogP contribution is 1.97. The largest absolute Gasteiger partial charge is 0.834 e. The van der Waals surface area contributed by atoms with Crippen LogP contribution in [0.5, 0.6) is 0 Å². The maximum Gasteiger partial charge on any atom is 0.234 e. The Morgan fingerprint density at radius 2 is 1.85 bits per heavy atom. The Bertz CT molecular complexity index is 488. The van der Waals surface area contributed by atoms with Crippen LogP contribution in [0.25, 0.3) is 0 Å². The molecule has 150 valence electrons. The molecular weight excluding hydrogens is 350 g/mol. The zero-order chi connectivity index (χ0) is 20.1. The molecule has 0 saturated carbocycles. The zero-order valence-electron chi connectivity index (χ0n) is 14.6. The number of hydrogen-bond donors (Lipinski definition) is 5. The van der Waals surface area contributed by atoms with E-state index in [0.717, 1.165) is 0 Å². The number of carbonyl (C=O) groups is 4. The third-order valence-electron chi connectivity index (χ3n) is 3.28. The maximum absolute atomic E-state index is 11.9. The highest BCUT2D eigenvalue weighted by molar-refractivity contribution is 5.83. The minimum Gasteiger partial charge on any atom is -0.834 e. The van der Waals surface area contributed by atoms with E-state index in [1.165, 1.54) is 0 Å². The number of carbonyl (C=O) groups excluding carboxylic acids is 4.